The molecule has 0 fully saturated rings. The lowest BCUT2D eigenvalue weighted by atomic mass is 10.2. The zero-order chi connectivity index (χ0) is 13.1. The lowest BCUT2D eigenvalue weighted by molar-refractivity contribution is -0.118. The number of carbonyl (C=O) groups excluding carboxylic acids is 1. The minimum Gasteiger partial charge on any atom is -0.324 e. The predicted molar refractivity (Wildman–Crippen MR) is 71.8 cm³/mol. The van der Waals surface area contributed by atoms with Gasteiger partial charge in [-0.1, -0.05) is 26.0 Å². The molecule has 1 aromatic heterocycles. The zero-order valence-electron chi connectivity index (χ0n) is 10.8. The zero-order valence-corrected chi connectivity index (χ0v) is 10.8. The van der Waals surface area contributed by atoms with Gasteiger partial charge in [-0.2, -0.15) is 5.10 Å². The van der Waals surface area contributed by atoms with Crippen LogP contribution in [0.3, 0.4) is 0 Å². The van der Waals surface area contributed by atoms with E-state index in [1.54, 1.807) is 4.68 Å². The average Bonchev–Trinajstić information content (AvgIpc) is 2.76. The molecule has 94 valence electrons. The molecule has 0 unspecified atom stereocenters. The van der Waals surface area contributed by atoms with Gasteiger partial charge in [0, 0.05) is 12.1 Å². The average molecular weight is 243 g/mol. The molecule has 0 bridgehead atoms. The van der Waals surface area contributed by atoms with Crippen molar-refractivity contribution in [3.05, 3.63) is 42.2 Å². The fraction of sp³-hybridized carbons (Fsp3) is 0.286. The van der Waals surface area contributed by atoms with Gasteiger partial charge in [-0.15, -0.1) is 0 Å². The number of aromatic nitrogens is 2. The summed E-state index contributed by atoms with van der Waals surface area (Å²) >= 11 is 0. The Morgan fingerprint density at radius 2 is 2.00 bits per heavy atom. The number of hydrogen-bond acceptors (Lipinski definition) is 2. The third kappa shape index (κ3) is 2.59. The number of benzene rings is 1. The van der Waals surface area contributed by atoms with E-state index in [-0.39, 0.29) is 11.8 Å². The summed E-state index contributed by atoms with van der Waals surface area (Å²) in [4.78, 5) is 11.8. The van der Waals surface area contributed by atoms with Crippen molar-refractivity contribution < 1.29 is 4.79 Å². The second kappa shape index (κ2) is 5.04. The molecule has 1 aromatic carbocycles. The van der Waals surface area contributed by atoms with Crippen molar-refractivity contribution >= 4 is 11.6 Å². The van der Waals surface area contributed by atoms with Crippen LogP contribution in [0.2, 0.25) is 0 Å². The fourth-order valence-corrected chi connectivity index (χ4v) is 1.61. The van der Waals surface area contributed by atoms with Gasteiger partial charge in [0.05, 0.1) is 17.1 Å². The largest absolute Gasteiger partial charge is 0.324 e. The maximum Gasteiger partial charge on any atom is 0.226 e. The first kappa shape index (κ1) is 12.4. The molecule has 2 aromatic rings. The Labute approximate surface area is 107 Å². The first-order valence-electron chi connectivity index (χ1n) is 6.00. The molecule has 0 saturated carbocycles. The van der Waals surface area contributed by atoms with E-state index in [1.165, 1.54) is 0 Å². The van der Waals surface area contributed by atoms with Crippen molar-refractivity contribution in [2.45, 2.75) is 20.8 Å². The van der Waals surface area contributed by atoms with Crippen LogP contribution in [0, 0.1) is 12.8 Å². The number of nitrogens with zero attached hydrogens (tertiary/aromatic N) is 2. The van der Waals surface area contributed by atoms with Gasteiger partial charge in [-0.25, -0.2) is 4.68 Å². The van der Waals surface area contributed by atoms with Crippen molar-refractivity contribution in [2.24, 2.45) is 5.92 Å². The molecule has 1 heterocycles. The maximum atomic E-state index is 11.8. The minimum atomic E-state index is -0.0441. The van der Waals surface area contributed by atoms with Gasteiger partial charge in [-0.3, -0.25) is 4.79 Å². The summed E-state index contributed by atoms with van der Waals surface area (Å²) in [6, 6.07) is 9.57. The summed E-state index contributed by atoms with van der Waals surface area (Å²) < 4.78 is 1.77. The molecule has 0 saturated heterocycles. The normalized spacial score (nSPS) is 10.7. The van der Waals surface area contributed by atoms with Crippen LogP contribution >= 0.6 is 0 Å². The number of rotatable bonds is 3. The van der Waals surface area contributed by atoms with E-state index in [9.17, 15) is 4.79 Å². The van der Waals surface area contributed by atoms with Gasteiger partial charge >= 0.3 is 0 Å². The molecular formula is C14H17N3O. The number of para-hydroxylation sites is 2. The summed E-state index contributed by atoms with van der Waals surface area (Å²) in [6.45, 7) is 5.68. The van der Waals surface area contributed by atoms with Crippen LogP contribution in [0.5, 0.6) is 0 Å². The minimum absolute atomic E-state index is 0.00586. The van der Waals surface area contributed by atoms with E-state index < -0.39 is 0 Å². The standard InChI is InChI=1S/C14H17N3O/c1-10(2)14(18)15-12-6-4-5-7-13(12)17-9-8-11(3)16-17/h4-10H,1-3H3,(H,15,18). The van der Waals surface area contributed by atoms with Crippen LogP contribution < -0.4 is 5.32 Å². The quantitative estimate of drug-likeness (QED) is 0.901. The summed E-state index contributed by atoms with van der Waals surface area (Å²) in [5.41, 5.74) is 2.60. The first-order chi connectivity index (χ1) is 8.58. The van der Waals surface area contributed by atoms with E-state index in [0.717, 1.165) is 17.1 Å². The van der Waals surface area contributed by atoms with Crippen molar-refractivity contribution in [1.82, 2.24) is 9.78 Å². The SMILES string of the molecule is Cc1ccn(-c2ccccc2NC(=O)C(C)C)n1. The van der Waals surface area contributed by atoms with E-state index >= 15 is 0 Å². The summed E-state index contributed by atoms with van der Waals surface area (Å²) in [6.07, 6.45) is 1.88. The fourth-order valence-electron chi connectivity index (χ4n) is 1.61. The Balaban J connectivity index is 2.34. The van der Waals surface area contributed by atoms with E-state index in [4.69, 9.17) is 0 Å². The molecule has 2 rings (SSSR count). The summed E-state index contributed by atoms with van der Waals surface area (Å²) in [5.74, 6) is -0.0382. The van der Waals surface area contributed by atoms with E-state index in [1.807, 2.05) is 57.3 Å². The molecule has 0 spiro atoms. The van der Waals surface area contributed by atoms with Crippen molar-refractivity contribution in [1.29, 1.82) is 0 Å². The van der Waals surface area contributed by atoms with Gasteiger partial charge in [0.2, 0.25) is 5.91 Å². The van der Waals surface area contributed by atoms with Gasteiger partial charge in [-0.05, 0) is 25.1 Å². The highest BCUT2D eigenvalue weighted by Gasteiger charge is 2.11. The lowest BCUT2D eigenvalue weighted by Gasteiger charge is -2.12. The molecule has 1 N–H and O–H groups in total. The topological polar surface area (TPSA) is 46.9 Å². The van der Waals surface area contributed by atoms with Crippen LogP contribution in [-0.2, 0) is 4.79 Å². The molecule has 0 aliphatic heterocycles. The third-order valence-electron chi connectivity index (χ3n) is 2.66. The molecule has 18 heavy (non-hydrogen) atoms. The van der Waals surface area contributed by atoms with Crippen LogP contribution in [0.1, 0.15) is 19.5 Å². The Hall–Kier alpha value is -2.10. The molecule has 1 amide bonds. The number of nitrogens with one attached hydrogen (secondary N) is 1. The molecule has 4 nitrogen and oxygen atoms in total. The van der Waals surface area contributed by atoms with E-state index in [0.29, 0.717) is 0 Å². The monoisotopic (exact) mass is 243 g/mol. The van der Waals surface area contributed by atoms with Gasteiger partial charge in [0.25, 0.3) is 0 Å². The predicted octanol–water partition coefficient (Wildman–Crippen LogP) is 2.78. The summed E-state index contributed by atoms with van der Waals surface area (Å²) in [5, 5.41) is 7.28. The third-order valence-corrected chi connectivity index (χ3v) is 2.66. The molecule has 0 aliphatic carbocycles. The lowest BCUT2D eigenvalue weighted by Crippen LogP contribution is -2.19. The Kier molecular flexibility index (Phi) is 3.46. The Bertz CT molecular complexity index is 558. The number of amides is 1. The van der Waals surface area contributed by atoms with Crippen molar-refractivity contribution in [3.63, 3.8) is 0 Å². The second-order valence-electron chi connectivity index (χ2n) is 4.56. The molecule has 4 heteroatoms. The van der Waals surface area contributed by atoms with Crippen LogP contribution in [0.25, 0.3) is 5.69 Å². The number of carbonyl (C=O) groups is 1. The van der Waals surface area contributed by atoms with Crippen LogP contribution in [0.15, 0.2) is 36.5 Å². The van der Waals surface area contributed by atoms with Crippen LogP contribution in [0.4, 0.5) is 5.69 Å². The van der Waals surface area contributed by atoms with Crippen molar-refractivity contribution in [2.75, 3.05) is 5.32 Å². The molecular weight excluding hydrogens is 226 g/mol. The van der Waals surface area contributed by atoms with Gasteiger partial charge in [0.15, 0.2) is 0 Å². The van der Waals surface area contributed by atoms with Gasteiger partial charge in [0.1, 0.15) is 0 Å². The molecule has 0 atom stereocenters. The highest BCUT2D eigenvalue weighted by molar-refractivity contribution is 5.93. The molecule has 0 aliphatic rings. The Morgan fingerprint density at radius 3 is 2.61 bits per heavy atom. The maximum absolute atomic E-state index is 11.8. The van der Waals surface area contributed by atoms with Crippen LogP contribution in [-0.4, -0.2) is 15.7 Å². The highest BCUT2D eigenvalue weighted by Crippen LogP contribution is 2.20. The van der Waals surface area contributed by atoms with E-state index in [2.05, 4.69) is 10.4 Å². The first-order valence-corrected chi connectivity index (χ1v) is 6.00. The molecule has 0 radical (unpaired) electrons. The number of aryl methyl sites for hydroxylation is 1. The summed E-state index contributed by atoms with van der Waals surface area (Å²) in [7, 11) is 0. The number of anilines is 1. The van der Waals surface area contributed by atoms with Gasteiger partial charge < -0.3 is 5.32 Å². The smallest absolute Gasteiger partial charge is 0.226 e. The second-order valence-corrected chi connectivity index (χ2v) is 4.56. The Morgan fingerprint density at radius 1 is 1.28 bits per heavy atom. The van der Waals surface area contributed by atoms with Crippen molar-refractivity contribution in [3.8, 4) is 5.69 Å². The number of hydrogen-bond donors (Lipinski definition) is 1. The highest BCUT2D eigenvalue weighted by atomic mass is 16.1.